The van der Waals surface area contributed by atoms with Crippen molar-refractivity contribution in [2.24, 2.45) is 0 Å². The van der Waals surface area contributed by atoms with Crippen LogP contribution in [0.4, 0.5) is 23.2 Å². The molecule has 0 radical (unpaired) electrons. The molecule has 0 saturated heterocycles. The summed E-state index contributed by atoms with van der Waals surface area (Å²) in [5.74, 6) is -1.50. The molecule has 0 aliphatic rings. The second-order valence-corrected chi connectivity index (χ2v) is 9.30. The van der Waals surface area contributed by atoms with Gasteiger partial charge >= 0.3 is 6.18 Å². The van der Waals surface area contributed by atoms with Crippen molar-refractivity contribution < 1.29 is 30.8 Å². The molecule has 0 aromatic heterocycles. The Kier molecular flexibility index (Phi) is 7.41. The maximum atomic E-state index is 13.3. The molecule has 0 bridgehead atoms. The van der Waals surface area contributed by atoms with Crippen LogP contribution in [-0.2, 0) is 27.5 Å². The van der Waals surface area contributed by atoms with E-state index in [9.17, 15) is 30.8 Å². The molecule has 0 saturated carbocycles. The van der Waals surface area contributed by atoms with Gasteiger partial charge < -0.3 is 5.32 Å². The van der Waals surface area contributed by atoms with Gasteiger partial charge in [0, 0.05) is 12.2 Å². The predicted molar refractivity (Wildman–Crippen MR) is 116 cm³/mol. The van der Waals surface area contributed by atoms with Crippen LogP contribution in [0.1, 0.15) is 11.1 Å². The number of carbonyl (C=O) groups excluding carboxylic acids is 1. The number of alkyl halides is 3. The molecule has 5 nitrogen and oxygen atoms in total. The summed E-state index contributed by atoms with van der Waals surface area (Å²) in [6, 6.07) is 15.3. The van der Waals surface area contributed by atoms with Crippen LogP contribution < -0.4 is 5.32 Å². The fraction of sp³-hybridized carbons (Fsp3) is 0.136. The molecule has 33 heavy (non-hydrogen) atoms. The first kappa shape index (κ1) is 24.7. The first-order valence-corrected chi connectivity index (χ1v) is 11.2. The number of anilines is 1. The Hall–Kier alpha value is -2.95. The lowest BCUT2D eigenvalue weighted by Crippen LogP contribution is -2.37. The summed E-state index contributed by atoms with van der Waals surface area (Å²) in [6.07, 6.45) is -4.73. The highest BCUT2D eigenvalue weighted by Crippen LogP contribution is 2.36. The van der Waals surface area contributed by atoms with E-state index in [1.807, 2.05) is 0 Å². The highest BCUT2D eigenvalue weighted by molar-refractivity contribution is 7.89. The van der Waals surface area contributed by atoms with E-state index in [4.69, 9.17) is 11.6 Å². The second-order valence-electron chi connectivity index (χ2n) is 6.95. The van der Waals surface area contributed by atoms with Crippen molar-refractivity contribution in [3.05, 3.63) is 94.8 Å². The van der Waals surface area contributed by atoms with E-state index in [1.54, 1.807) is 30.3 Å². The summed E-state index contributed by atoms with van der Waals surface area (Å²) >= 11 is 5.58. The zero-order valence-corrected chi connectivity index (χ0v) is 18.4. The van der Waals surface area contributed by atoms with Gasteiger partial charge in [-0.05, 0) is 48.0 Å². The highest BCUT2D eigenvalue weighted by atomic mass is 35.5. The Morgan fingerprint density at radius 3 is 2.21 bits per heavy atom. The number of hydrogen-bond donors (Lipinski definition) is 1. The van der Waals surface area contributed by atoms with E-state index in [0.717, 1.165) is 34.6 Å². The van der Waals surface area contributed by atoms with Crippen LogP contribution in [0, 0.1) is 5.82 Å². The molecule has 0 unspecified atom stereocenters. The third-order valence-corrected chi connectivity index (χ3v) is 6.66. The highest BCUT2D eigenvalue weighted by Gasteiger charge is 2.33. The lowest BCUT2D eigenvalue weighted by Gasteiger charge is -2.22. The average molecular weight is 501 g/mol. The van der Waals surface area contributed by atoms with Gasteiger partial charge in [-0.25, -0.2) is 12.8 Å². The summed E-state index contributed by atoms with van der Waals surface area (Å²) in [7, 11) is -4.24. The summed E-state index contributed by atoms with van der Waals surface area (Å²) in [6.45, 7) is -0.888. The van der Waals surface area contributed by atoms with Gasteiger partial charge in [0.2, 0.25) is 15.9 Å². The Labute approximate surface area is 192 Å². The zero-order chi connectivity index (χ0) is 24.2. The molecular formula is C22H17ClF4N2O3S. The van der Waals surface area contributed by atoms with Gasteiger partial charge in [-0.2, -0.15) is 17.5 Å². The maximum absolute atomic E-state index is 13.3. The van der Waals surface area contributed by atoms with E-state index in [-0.39, 0.29) is 17.1 Å². The van der Waals surface area contributed by atoms with Gasteiger partial charge in [0.15, 0.2) is 0 Å². The number of hydrogen-bond acceptors (Lipinski definition) is 3. The van der Waals surface area contributed by atoms with Crippen molar-refractivity contribution in [3.63, 3.8) is 0 Å². The monoisotopic (exact) mass is 500 g/mol. The Morgan fingerprint density at radius 2 is 1.61 bits per heavy atom. The van der Waals surface area contributed by atoms with Gasteiger partial charge in [-0.3, -0.25) is 4.79 Å². The van der Waals surface area contributed by atoms with Crippen LogP contribution in [0.2, 0.25) is 5.02 Å². The SMILES string of the molecule is O=C(CN(Cc1ccccc1)S(=O)(=O)c1ccc(F)cc1)Nc1ccc(Cl)c(C(F)(F)F)c1. The van der Waals surface area contributed by atoms with Crippen LogP contribution in [-0.4, -0.2) is 25.2 Å². The van der Waals surface area contributed by atoms with Gasteiger partial charge in [-0.1, -0.05) is 41.9 Å². The smallest absolute Gasteiger partial charge is 0.325 e. The lowest BCUT2D eigenvalue weighted by molar-refractivity contribution is -0.137. The quantitative estimate of drug-likeness (QED) is 0.446. The summed E-state index contributed by atoms with van der Waals surface area (Å²) in [5, 5.41) is 1.73. The minimum Gasteiger partial charge on any atom is -0.325 e. The third kappa shape index (κ3) is 6.31. The number of nitrogens with zero attached hydrogens (tertiary/aromatic N) is 1. The largest absolute Gasteiger partial charge is 0.417 e. The number of benzene rings is 3. The standard InChI is InChI=1S/C22H17ClF4N2O3S/c23-20-11-8-17(12-19(20)22(25,26)27)28-21(30)14-29(13-15-4-2-1-3-5-15)33(31,32)18-9-6-16(24)7-10-18/h1-12H,13-14H2,(H,28,30). The van der Waals surface area contributed by atoms with E-state index in [0.29, 0.717) is 11.6 Å². The number of halogens is 5. The number of amides is 1. The molecular weight excluding hydrogens is 484 g/mol. The van der Waals surface area contributed by atoms with Crippen LogP contribution in [0.25, 0.3) is 0 Å². The molecule has 174 valence electrons. The van der Waals surface area contributed by atoms with Crippen molar-refractivity contribution in [1.82, 2.24) is 4.31 Å². The molecule has 0 aliphatic carbocycles. The molecule has 1 N–H and O–H groups in total. The van der Waals surface area contributed by atoms with Crippen molar-refractivity contribution in [2.75, 3.05) is 11.9 Å². The van der Waals surface area contributed by atoms with Crippen LogP contribution in [0.3, 0.4) is 0 Å². The summed E-state index contributed by atoms with van der Waals surface area (Å²) in [5.41, 5.74) is -0.764. The Balaban J connectivity index is 1.87. The van der Waals surface area contributed by atoms with E-state index < -0.39 is 45.1 Å². The lowest BCUT2D eigenvalue weighted by atomic mass is 10.2. The van der Waals surface area contributed by atoms with Gasteiger partial charge in [-0.15, -0.1) is 0 Å². The minimum absolute atomic E-state index is 0.192. The average Bonchev–Trinajstić information content (AvgIpc) is 2.75. The number of nitrogens with one attached hydrogen (secondary N) is 1. The van der Waals surface area contributed by atoms with Gasteiger partial charge in [0.05, 0.1) is 22.0 Å². The maximum Gasteiger partial charge on any atom is 0.417 e. The third-order valence-electron chi connectivity index (χ3n) is 4.53. The Morgan fingerprint density at radius 1 is 0.970 bits per heavy atom. The predicted octanol–water partition coefficient (Wildman–Crippen LogP) is 5.33. The first-order chi connectivity index (χ1) is 15.5. The molecule has 0 spiro atoms. The summed E-state index contributed by atoms with van der Waals surface area (Å²) in [4.78, 5) is 12.4. The molecule has 3 aromatic rings. The number of sulfonamides is 1. The van der Waals surface area contributed by atoms with Crippen molar-refractivity contribution in [1.29, 1.82) is 0 Å². The molecule has 0 aliphatic heterocycles. The molecule has 1 amide bonds. The molecule has 3 rings (SSSR count). The zero-order valence-electron chi connectivity index (χ0n) is 16.8. The van der Waals surface area contributed by atoms with Crippen molar-refractivity contribution in [3.8, 4) is 0 Å². The second kappa shape index (κ2) is 9.90. The molecule has 0 atom stereocenters. The molecule has 11 heteroatoms. The molecule has 3 aromatic carbocycles. The van der Waals surface area contributed by atoms with Crippen LogP contribution >= 0.6 is 11.6 Å². The minimum atomic E-state index is -4.73. The first-order valence-electron chi connectivity index (χ1n) is 9.43. The fourth-order valence-electron chi connectivity index (χ4n) is 2.95. The fourth-order valence-corrected chi connectivity index (χ4v) is 4.56. The van der Waals surface area contributed by atoms with Gasteiger partial charge in [0.25, 0.3) is 0 Å². The van der Waals surface area contributed by atoms with E-state index in [2.05, 4.69) is 5.32 Å². The van der Waals surface area contributed by atoms with E-state index in [1.165, 1.54) is 6.07 Å². The van der Waals surface area contributed by atoms with Crippen molar-refractivity contribution >= 4 is 33.2 Å². The molecule has 0 fully saturated rings. The van der Waals surface area contributed by atoms with Gasteiger partial charge in [0.1, 0.15) is 5.82 Å². The van der Waals surface area contributed by atoms with Crippen LogP contribution in [0.5, 0.6) is 0 Å². The number of rotatable bonds is 7. The van der Waals surface area contributed by atoms with E-state index >= 15 is 0 Å². The topological polar surface area (TPSA) is 66.5 Å². The normalized spacial score (nSPS) is 12.1. The number of carbonyl (C=O) groups is 1. The van der Waals surface area contributed by atoms with Crippen LogP contribution in [0.15, 0.2) is 77.7 Å². The molecule has 0 heterocycles. The van der Waals surface area contributed by atoms with Crippen molar-refractivity contribution in [2.45, 2.75) is 17.6 Å². The summed E-state index contributed by atoms with van der Waals surface area (Å²) < 4.78 is 79.6. The Bertz CT molecular complexity index is 1230.